The minimum Gasteiger partial charge on any atom is -0.495 e. The molecule has 1 fully saturated rings. The summed E-state index contributed by atoms with van der Waals surface area (Å²) >= 11 is 6.06. The Balaban J connectivity index is 0.00000180. The fraction of sp³-hybridized carbons (Fsp3) is 0.429. The highest BCUT2D eigenvalue weighted by Gasteiger charge is 2.20. The zero-order valence-electron chi connectivity index (χ0n) is 11.5. The molecule has 0 saturated carbocycles. The first-order valence-electron chi connectivity index (χ1n) is 6.17. The highest BCUT2D eigenvalue weighted by molar-refractivity contribution is 6.32. The van der Waals surface area contributed by atoms with Gasteiger partial charge in [-0.2, -0.15) is 0 Å². The van der Waals surface area contributed by atoms with Crippen LogP contribution in [0.5, 0.6) is 5.75 Å². The molecule has 20 heavy (non-hydrogen) atoms. The lowest BCUT2D eigenvalue weighted by Crippen LogP contribution is -2.44. The molecule has 0 unspecified atom stereocenters. The van der Waals surface area contributed by atoms with Crippen molar-refractivity contribution in [2.24, 2.45) is 0 Å². The molecule has 0 aromatic heterocycles. The van der Waals surface area contributed by atoms with E-state index in [1.807, 2.05) is 24.3 Å². The Morgan fingerprint density at radius 1 is 1.35 bits per heavy atom. The second kappa shape index (κ2) is 9.48. The number of hydrogen-bond acceptors (Lipinski definition) is 3. The van der Waals surface area contributed by atoms with E-state index in [1.165, 1.54) is 5.56 Å². The molecule has 0 bridgehead atoms. The summed E-state index contributed by atoms with van der Waals surface area (Å²) in [7, 11) is 1.64. The van der Waals surface area contributed by atoms with Crippen LogP contribution in [0.4, 0.5) is 0 Å². The van der Waals surface area contributed by atoms with Crippen LogP contribution in [-0.4, -0.2) is 38.2 Å². The number of methoxy groups -OCH3 is 1. The summed E-state index contributed by atoms with van der Waals surface area (Å²) in [5, 5.41) is 4.00. The molecule has 0 spiro atoms. The smallest absolute Gasteiger partial charge is 0.137 e. The maximum Gasteiger partial charge on any atom is 0.137 e. The summed E-state index contributed by atoms with van der Waals surface area (Å²) in [4.78, 5) is 2.41. The van der Waals surface area contributed by atoms with E-state index in [0.29, 0.717) is 5.02 Å². The summed E-state index contributed by atoms with van der Waals surface area (Å²) in [6.45, 7) is 8.06. The lowest BCUT2D eigenvalue weighted by atomic mass is 10.0. The van der Waals surface area contributed by atoms with E-state index >= 15 is 0 Å². The van der Waals surface area contributed by atoms with Crippen LogP contribution in [0.3, 0.4) is 0 Å². The lowest BCUT2D eigenvalue weighted by Gasteiger charge is -2.33. The van der Waals surface area contributed by atoms with Gasteiger partial charge >= 0.3 is 0 Å². The molecule has 1 saturated heterocycles. The molecule has 0 aliphatic carbocycles. The number of halogens is 3. The number of piperazine rings is 1. The Bertz CT molecular complexity index is 423. The van der Waals surface area contributed by atoms with Gasteiger partial charge in [0.25, 0.3) is 0 Å². The number of nitrogens with zero attached hydrogens (tertiary/aromatic N) is 1. The summed E-state index contributed by atoms with van der Waals surface area (Å²) in [5.74, 6) is 0.719. The number of hydrogen-bond donors (Lipinski definition) is 1. The van der Waals surface area contributed by atoms with Crippen LogP contribution in [-0.2, 0) is 0 Å². The van der Waals surface area contributed by atoms with Crippen LogP contribution in [0.15, 0.2) is 30.9 Å². The molecule has 0 radical (unpaired) electrons. The number of benzene rings is 1. The highest BCUT2D eigenvalue weighted by atomic mass is 35.5. The summed E-state index contributed by atoms with van der Waals surface area (Å²) in [5.41, 5.74) is 1.17. The van der Waals surface area contributed by atoms with Crippen molar-refractivity contribution in [2.45, 2.75) is 6.04 Å². The van der Waals surface area contributed by atoms with Crippen molar-refractivity contribution in [1.29, 1.82) is 0 Å². The quantitative estimate of drug-likeness (QED) is 0.852. The number of nitrogens with one attached hydrogen (secondary N) is 1. The third kappa shape index (κ3) is 4.54. The van der Waals surface area contributed by atoms with Crippen molar-refractivity contribution in [3.8, 4) is 5.75 Å². The lowest BCUT2D eigenvalue weighted by molar-refractivity contribution is 0.203. The first kappa shape index (κ1) is 19.6. The van der Waals surface area contributed by atoms with Crippen LogP contribution in [0.25, 0.3) is 0 Å². The first-order valence-corrected chi connectivity index (χ1v) is 6.55. The zero-order chi connectivity index (χ0) is 13.0. The molecule has 114 valence electrons. The van der Waals surface area contributed by atoms with Crippen molar-refractivity contribution in [2.75, 3.05) is 33.3 Å². The Morgan fingerprint density at radius 3 is 2.55 bits per heavy atom. The summed E-state index contributed by atoms with van der Waals surface area (Å²) < 4.78 is 5.27. The van der Waals surface area contributed by atoms with Gasteiger partial charge in [0.1, 0.15) is 5.75 Å². The van der Waals surface area contributed by atoms with E-state index in [4.69, 9.17) is 16.3 Å². The maximum atomic E-state index is 6.06. The largest absolute Gasteiger partial charge is 0.495 e. The third-order valence-corrected chi connectivity index (χ3v) is 3.60. The Kier molecular flexibility index (Phi) is 9.27. The van der Waals surface area contributed by atoms with Gasteiger partial charge in [0.2, 0.25) is 0 Å². The predicted molar refractivity (Wildman–Crippen MR) is 89.9 cm³/mol. The summed E-state index contributed by atoms with van der Waals surface area (Å²) in [6, 6.07) is 6.14. The Morgan fingerprint density at radius 2 is 2.00 bits per heavy atom. The molecule has 1 aromatic carbocycles. The molecule has 1 atom stereocenters. The zero-order valence-corrected chi connectivity index (χ0v) is 13.9. The van der Waals surface area contributed by atoms with Gasteiger partial charge in [-0.1, -0.05) is 23.7 Å². The fourth-order valence-electron chi connectivity index (χ4n) is 2.32. The third-order valence-electron chi connectivity index (χ3n) is 3.28. The van der Waals surface area contributed by atoms with E-state index < -0.39 is 0 Å². The second-order valence-corrected chi connectivity index (χ2v) is 4.77. The van der Waals surface area contributed by atoms with Crippen molar-refractivity contribution in [3.05, 3.63) is 41.4 Å². The minimum atomic E-state index is 0. The maximum absolute atomic E-state index is 6.06. The Labute approximate surface area is 138 Å². The minimum absolute atomic E-state index is 0. The van der Waals surface area contributed by atoms with Crippen LogP contribution in [0, 0.1) is 0 Å². The van der Waals surface area contributed by atoms with Gasteiger partial charge < -0.3 is 10.1 Å². The molecule has 1 aliphatic rings. The Hall–Kier alpha value is -0.450. The van der Waals surface area contributed by atoms with Crippen molar-refractivity contribution >= 4 is 36.4 Å². The number of rotatable bonds is 4. The van der Waals surface area contributed by atoms with Crippen molar-refractivity contribution in [1.82, 2.24) is 10.2 Å². The van der Waals surface area contributed by atoms with Gasteiger partial charge in [0, 0.05) is 26.2 Å². The van der Waals surface area contributed by atoms with Crippen LogP contribution in [0.1, 0.15) is 11.6 Å². The van der Waals surface area contributed by atoms with Gasteiger partial charge in [-0.15, -0.1) is 31.4 Å². The normalized spacial score (nSPS) is 16.5. The monoisotopic (exact) mass is 338 g/mol. The van der Waals surface area contributed by atoms with Gasteiger partial charge in [0.15, 0.2) is 0 Å². The van der Waals surface area contributed by atoms with Gasteiger partial charge in [-0.3, -0.25) is 4.90 Å². The molecule has 3 nitrogen and oxygen atoms in total. The highest BCUT2D eigenvalue weighted by Crippen LogP contribution is 2.30. The average molecular weight is 340 g/mol. The SMILES string of the molecule is C=C[C@@H](c1ccc(Cl)c(OC)c1)N1CCNCC1.Cl.Cl. The van der Waals surface area contributed by atoms with E-state index in [9.17, 15) is 0 Å². The molecule has 1 aromatic rings. The van der Waals surface area contributed by atoms with E-state index in [0.717, 1.165) is 31.9 Å². The topological polar surface area (TPSA) is 24.5 Å². The van der Waals surface area contributed by atoms with E-state index in [1.54, 1.807) is 7.11 Å². The molecule has 1 aliphatic heterocycles. The first-order chi connectivity index (χ1) is 8.76. The molecule has 6 heteroatoms. The van der Waals surface area contributed by atoms with Crippen molar-refractivity contribution in [3.63, 3.8) is 0 Å². The van der Waals surface area contributed by atoms with Gasteiger partial charge in [0.05, 0.1) is 18.2 Å². The van der Waals surface area contributed by atoms with Gasteiger partial charge in [-0.05, 0) is 17.7 Å². The fourth-order valence-corrected chi connectivity index (χ4v) is 2.51. The number of ether oxygens (including phenoxy) is 1. The average Bonchev–Trinajstić information content (AvgIpc) is 2.42. The van der Waals surface area contributed by atoms with E-state index in [2.05, 4.69) is 16.8 Å². The molecular weight excluding hydrogens is 319 g/mol. The predicted octanol–water partition coefficient (Wildman–Crippen LogP) is 3.32. The molecule has 1 heterocycles. The second-order valence-electron chi connectivity index (χ2n) is 4.36. The van der Waals surface area contributed by atoms with Crippen molar-refractivity contribution < 1.29 is 4.74 Å². The molecule has 2 rings (SSSR count). The standard InChI is InChI=1S/C14H19ClN2O.2ClH/c1-3-13(17-8-6-16-7-9-17)11-4-5-12(15)14(10-11)18-2;;/h3-5,10,13,16H,1,6-9H2,2H3;2*1H/t13-;;/m0../s1. The van der Waals surface area contributed by atoms with Crippen LogP contribution >= 0.6 is 36.4 Å². The van der Waals surface area contributed by atoms with E-state index in [-0.39, 0.29) is 30.9 Å². The van der Waals surface area contributed by atoms with Gasteiger partial charge in [-0.25, -0.2) is 0 Å². The summed E-state index contributed by atoms with van der Waals surface area (Å²) in [6.07, 6.45) is 1.98. The van der Waals surface area contributed by atoms with Crippen LogP contribution in [0.2, 0.25) is 5.02 Å². The van der Waals surface area contributed by atoms with Crippen LogP contribution < -0.4 is 10.1 Å². The molecule has 0 amide bonds. The molecular formula is C14H21Cl3N2O. The molecule has 1 N–H and O–H groups in total.